The van der Waals surface area contributed by atoms with E-state index in [4.69, 9.17) is 0 Å². The molecule has 0 saturated heterocycles. The molecule has 0 aliphatic heterocycles. The van der Waals surface area contributed by atoms with Crippen molar-refractivity contribution in [2.24, 2.45) is 0 Å². The number of benzene rings is 2. The fourth-order valence-corrected chi connectivity index (χ4v) is 2.80. The molecular weight excluding hydrogens is 330 g/mol. The van der Waals surface area contributed by atoms with Gasteiger partial charge in [0.25, 0.3) is 5.56 Å². The lowest BCUT2D eigenvalue weighted by Gasteiger charge is -2.08. The van der Waals surface area contributed by atoms with Crippen LogP contribution in [-0.4, -0.2) is 22.0 Å². The lowest BCUT2D eigenvalue weighted by Crippen LogP contribution is -2.37. The van der Waals surface area contributed by atoms with E-state index in [2.05, 4.69) is 10.3 Å². The van der Waals surface area contributed by atoms with Crippen LogP contribution in [0.3, 0.4) is 0 Å². The van der Waals surface area contributed by atoms with E-state index in [9.17, 15) is 14.4 Å². The van der Waals surface area contributed by atoms with Crippen LogP contribution in [0.15, 0.2) is 58.1 Å². The van der Waals surface area contributed by atoms with Gasteiger partial charge in [-0.2, -0.15) is 0 Å². The number of aromatic nitrogens is 2. The molecule has 0 radical (unpaired) electrons. The zero-order valence-electron chi connectivity index (χ0n) is 14.6. The summed E-state index contributed by atoms with van der Waals surface area (Å²) in [5.74, 6) is -0.184. The normalized spacial score (nSPS) is 10.8. The van der Waals surface area contributed by atoms with E-state index in [0.717, 1.165) is 16.6 Å². The summed E-state index contributed by atoms with van der Waals surface area (Å²) >= 11 is 0. The topological polar surface area (TPSA) is 84.0 Å². The molecule has 0 fully saturated rings. The molecule has 3 aromatic rings. The Hall–Kier alpha value is -3.15. The highest BCUT2D eigenvalue weighted by Gasteiger charge is 2.09. The zero-order chi connectivity index (χ0) is 18.5. The highest BCUT2D eigenvalue weighted by Crippen LogP contribution is 2.04. The molecular formula is C20H21N3O3. The predicted molar refractivity (Wildman–Crippen MR) is 101 cm³/mol. The summed E-state index contributed by atoms with van der Waals surface area (Å²) in [7, 11) is 0. The van der Waals surface area contributed by atoms with E-state index in [0.29, 0.717) is 17.4 Å². The molecule has 0 unspecified atom stereocenters. The van der Waals surface area contributed by atoms with E-state index in [1.165, 1.54) is 5.56 Å². The molecule has 3 rings (SSSR count). The number of hydrogen-bond donors (Lipinski definition) is 2. The number of aryl methyl sites for hydroxylation is 1. The van der Waals surface area contributed by atoms with Gasteiger partial charge in [0.15, 0.2) is 0 Å². The number of fused-ring (bicyclic) bond motifs is 1. The van der Waals surface area contributed by atoms with Crippen LogP contribution in [-0.2, 0) is 17.8 Å². The van der Waals surface area contributed by atoms with Crippen LogP contribution in [0, 0.1) is 6.92 Å². The first-order chi connectivity index (χ1) is 12.5. The Morgan fingerprint density at radius 2 is 1.81 bits per heavy atom. The quantitative estimate of drug-likeness (QED) is 0.710. The van der Waals surface area contributed by atoms with Gasteiger partial charge in [-0.25, -0.2) is 4.79 Å². The minimum Gasteiger partial charge on any atom is -0.356 e. The van der Waals surface area contributed by atoms with Gasteiger partial charge in [0, 0.05) is 19.5 Å². The van der Waals surface area contributed by atoms with Crippen molar-refractivity contribution in [2.45, 2.75) is 26.3 Å². The monoisotopic (exact) mass is 351 g/mol. The number of nitrogens with one attached hydrogen (secondary N) is 2. The van der Waals surface area contributed by atoms with E-state index >= 15 is 0 Å². The number of amides is 1. The largest absolute Gasteiger partial charge is 0.356 e. The molecule has 6 heteroatoms. The van der Waals surface area contributed by atoms with Crippen LogP contribution in [0.1, 0.15) is 17.5 Å². The second kappa shape index (κ2) is 7.82. The molecule has 0 bridgehead atoms. The third-order valence-corrected chi connectivity index (χ3v) is 4.31. The minimum absolute atomic E-state index is 0.0510. The molecule has 1 amide bonds. The van der Waals surface area contributed by atoms with Crippen LogP contribution in [0.5, 0.6) is 0 Å². The zero-order valence-corrected chi connectivity index (χ0v) is 14.6. The summed E-state index contributed by atoms with van der Waals surface area (Å²) in [5, 5.41) is 3.26. The second-order valence-electron chi connectivity index (χ2n) is 6.27. The number of rotatable bonds is 6. The van der Waals surface area contributed by atoms with Gasteiger partial charge in [-0.05, 0) is 31.0 Å². The number of nitrogens with zero attached hydrogens (tertiary/aromatic N) is 1. The fourth-order valence-electron chi connectivity index (χ4n) is 2.80. The first-order valence-corrected chi connectivity index (χ1v) is 8.59. The van der Waals surface area contributed by atoms with E-state index in [1.54, 1.807) is 24.3 Å². The maximum absolute atomic E-state index is 12.4. The minimum atomic E-state index is -0.499. The molecule has 1 aromatic heterocycles. The molecule has 1 heterocycles. The van der Waals surface area contributed by atoms with Crippen LogP contribution in [0.4, 0.5) is 0 Å². The van der Waals surface area contributed by atoms with Gasteiger partial charge in [0.1, 0.15) is 0 Å². The summed E-state index contributed by atoms with van der Waals surface area (Å²) in [5.41, 5.74) is 1.97. The van der Waals surface area contributed by atoms with Crippen LogP contribution in [0.2, 0.25) is 0 Å². The first kappa shape index (κ1) is 17.7. The first-order valence-electron chi connectivity index (χ1n) is 8.59. The van der Waals surface area contributed by atoms with Crippen molar-refractivity contribution < 1.29 is 4.79 Å². The Morgan fingerprint density at radius 3 is 2.58 bits per heavy atom. The fraction of sp³-hybridized carbons (Fsp3) is 0.250. The summed E-state index contributed by atoms with van der Waals surface area (Å²) in [6.07, 6.45) is 0.817. The SMILES string of the molecule is Cc1ccc(CCNC(=O)CCn2c(=O)[nH]c3ccccc3c2=O)cc1. The average molecular weight is 351 g/mol. The van der Waals surface area contributed by atoms with Gasteiger partial charge in [-0.15, -0.1) is 0 Å². The van der Waals surface area contributed by atoms with Crippen molar-refractivity contribution in [3.63, 3.8) is 0 Å². The van der Waals surface area contributed by atoms with Gasteiger partial charge in [0.2, 0.25) is 5.91 Å². The van der Waals surface area contributed by atoms with Crippen molar-refractivity contribution in [1.29, 1.82) is 0 Å². The Balaban J connectivity index is 1.58. The number of hydrogen-bond acceptors (Lipinski definition) is 3. The van der Waals surface area contributed by atoms with Gasteiger partial charge in [0.05, 0.1) is 10.9 Å². The van der Waals surface area contributed by atoms with Crippen LogP contribution >= 0.6 is 0 Å². The third kappa shape index (κ3) is 4.08. The number of aromatic amines is 1. The van der Waals surface area contributed by atoms with E-state index < -0.39 is 5.69 Å². The highest BCUT2D eigenvalue weighted by atomic mass is 16.2. The molecule has 134 valence electrons. The Bertz CT molecular complexity index is 1030. The third-order valence-electron chi connectivity index (χ3n) is 4.31. The van der Waals surface area contributed by atoms with Gasteiger partial charge in [-0.3, -0.25) is 14.2 Å². The lowest BCUT2D eigenvalue weighted by atomic mass is 10.1. The van der Waals surface area contributed by atoms with Crippen molar-refractivity contribution in [3.8, 4) is 0 Å². The Morgan fingerprint density at radius 1 is 1.08 bits per heavy atom. The van der Waals surface area contributed by atoms with Crippen molar-refractivity contribution in [2.75, 3.05) is 6.54 Å². The molecule has 2 N–H and O–H groups in total. The molecule has 0 saturated carbocycles. The van der Waals surface area contributed by atoms with E-state index in [-0.39, 0.29) is 24.4 Å². The highest BCUT2D eigenvalue weighted by molar-refractivity contribution is 5.77. The molecule has 6 nitrogen and oxygen atoms in total. The predicted octanol–water partition coefficient (Wildman–Crippen LogP) is 1.75. The number of H-pyrrole nitrogens is 1. The number of carbonyl (C=O) groups is 1. The van der Waals surface area contributed by atoms with Gasteiger partial charge >= 0.3 is 5.69 Å². The number of para-hydroxylation sites is 1. The standard InChI is InChI=1S/C20H21N3O3/c1-14-6-8-15(9-7-14)10-12-21-18(24)11-13-23-19(25)16-4-2-3-5-17(16)22-20(23)26/h2-9H,10-13H2,1H3,(H,21,24)(H,22,26). The van der Waals surface area contributed by atoms with E-state index in [1.807, 2.05) is 31.2 Å². The van der Waals surface area contributed by atoms with Crippen molar-refractivity contribution in [1.82, 2.24) is 14.9 Å². The molecule has 2 aromatic carbocycles. The molecule has 0 spiro atoms. The Labute approximate surface area is 150 Å². The van der Waals surface area contributed by atoms with Gasteiger partial charge < -0.3 is 10.3 Å². The maximum atomic E-state index is 12.4. The molecule has 0 aliphatic rings. The average Bonchev–Trinajstić information content (AvgIpc) is 2.63. The van der Waals surface area contributed by atoms with Crippen LogP contribution < -0.4 is 16.6 Å². The Kier molecular flexibility index (Phi) is 5.31. The smallest absolute Gasteiger partial charge is 0.328 e. The van der Waals surface area contributed by atoms with Crippen molar-refractivity contribution in [3.05, 3.63) is 80.5 Å². The summed E-state index contributed by atoms with van der Waals surface area (Å²) in [6.45, 7) is 2.60. The lowest BCUT2D eigenvalue weighted by molar-refractivity contribution is -0.121. The summed E-state index contributed by atoms with van der Waals surface area (Å²) in [4.78, 5) is 39.1. The summed E-state index contributed by atoms with van der Waals surface area (Å²) < 4.78 is 1.07. The number of carbonyl (C=O) groups excluding carboxylic acids is 1. The molecule has 0 atom stereocenters. The molecule has 0 aliphatic carbocycles. The van der Waals surface area contributed by atoms with Gasteiger partial charge in [-0.1, -0.05) is 42.0 Å². The second-order valence-corrected chi connectivity index (χ2v) is 6.27. The maximum Gasteiger partial charge on any atom is 0.328 e. The summed E-state index contributed by atoms with van der Waals surface area (Å²) in [6, 6.07) is 15.0. The van der Waals surface area contributed by atoms with Crippen LogP contribution in [0.25, 0.3) is 10.9 Å². The molecule has 26 heavy (non-hydrogen) atoms. The van der Waals surface area contributed by atoms with Crippen molar-refractivity contribution >= 4 is 16.8 Å².